The van der Waals surface area contributed by atoms with Crippen LogP contribution >= 0.6 is 34.7 Å². The van der Waals surface area contributed by atoms with E-state index >= 15 is 8.78 Å². The number of H-pyrrole nitrogens is 1. The number of aliphatic imine (C=N–C) groups is 1. The monoisotopic (exact) mass is 1340 g/mol. The van der Waals surface area contributed by atoms with Gasteiger partial charge >= 0.3 is 17.9 Å². The number of nitrogens with zero attached hydrogens (tertiary/aromatic N) is 7. The van der Waals surface area contributed by atoms with Crippen LogP contribution in [0.3, 0.4) is 0 Å². The van der Waals surface area contributed by atoms with Crippen LogP contribution in [-0.2, 0) is 28.6 Å². The van der Waals surface area contributed by atoms with Crippen LogP contribution in [-0.4, -0.2) is 155 Å². The van der Waals surface area contributed by atoms with E-state index in [1.54, 1.807) is 63.1 Å². The first kappa shape index (κ1) is 71.7. The molecule has 20 nitrogen and oxygen atoms in total. The number of carbonyl (C=O) groups is 5. The zero-order chi connectivity index (χ0) is 68.0. The summed E-state index contributed by atoms with van der Waals surface area (Å²) in [5.41, 5.74) is -0.281. The summed E-state index contributed by atoms with van der Waals surface area (Å²) < 4.78 is 48.5. The smallest absolute Gasteiger partial charge is 0.412 e. The van der Waals surface area contributed by atoms with Crippen molar-refractivity contribution in [1.29, 1.82) is 5.26 Å². The van der Waals surface area contributed by atoms with Crippen LogP contribution < -0.4 is 26.5 Å². The SMILES string of the molecule is C=N/C(C)=C(\SC)c1ccc([C@H](C)NC(=O)[C@@H]2CCCN2C(=O)[C@@H](NC(=O)CCOCCCN2CCC[C@H]2C)C(C)(C)C)cc1.CC(C)(C)OC(=O)Nc1sc2c(F)ccc(-c3c(Cl)cc4c(N5CC6CCC(C5)N6C(=O)OC(C)(C)C)nc(=O)[nH]c4c3F)c2c1C#N. The number of benzene rings is 3. The maximum absolute atomic E-state index is 16.7. The van der Waals surface area contributed by atoms with Crippen LogP contribution in [0.25, 0.3) is 37.0 Å². The molecule has 2 bridgehead atoms. The van der Waals surface area contributed by atoms with E-state index in [0.29, 0.717) is 45.3 Å². The molecule has 3 aromatic carbocycles. The number of likely N-dealkylation sites (tertiary alicyclic amines) is 2. The summed E-state index contributed by atoms with van der Waals surface area (Å²) in [7, 11) is 0. The molecule has 9 rings (SSSR count). The predicted molar refractivity (Wildman–Crippen MR) is 365 cm³/mol. The molecule has 0 aliphatic carbocycles. The molecule has 502 valence electrons. The van der Waals surface area contributed by atoms with Gasteiger partial charge < -0.3 is 44.5 Å². The van der Waals surface area contributed by atoms with E-state index in [9.17, 15) is 34.0 Å². The molecular weight excluding hydrogens is 1250 g/mol. The molecule has 2 aromatic heterocycles. The first-order valence-corrected chi connectivity index (χ1v) is 34.1. The number of carbonyl (C=O) groups excluding carboxylic acids is 5. The molecule has 25 heteroatoms. The van der Waals surface area contributed by atoms with Crippen molar-refractivity contribution in [1.82, 2.24) is 35.3 Å². The molecule has 6 heterocycles. The highest BCUT2D eigenvalue weighted by atomic mass is 35.5. The largest absolute Gasteiger partial charge is 0.444 e. The summed E-state index contributed by atoms with van der Waals surface area (Å²) in [6.45, 7) is 30.3. The topological polar surface area (TPSA) is 244 Å². The number of halogens is 3. The molecule has 6 atom stereocenters. The second kappa shape index (κ2) is 30.1. The molecule has 4 saturated heterocycles. The quantitative estimate of drug-likeness (QED) is 0.0471. The number of thioether (sulfide) groups is 1. The first-order chi connectivity index (χ1) is 43.8. The van der Waals surface area contributed by atoms with E-state index in [-0.39, 0.29) is 95.8 Å². The van der Waals surface area contributed by atoms with E-state index in [1.165, 1.54) is 25.0 Å². The molecule has 0 spiro atoms. The third kappa shape index (κ3) is 17.2. The number of ether oxygens (including phenoxy) is 3. The fraction of sp³-hybridized carbons (Fsp3) is 0.544. The molecule has 5 aromatic rings. The number of amides is 5. The van der Waals surface area contributed by atoms with E-state index in [2.05, 4.69) is 49.5 Å². The summed E-state index contributed by atoms with van der Waals surface area (Å²) in [6, 6.07) is 12.6. The van der Waals surface area contributed by atoms with Crippen LogP contribution in [0.4, 0.5) is 29.2 Å². The van der Waals surface area contributed by atoms with Gasteiger partial charge in [0, 0.05) is 66.5 Å². The van der Waals surface area contributed by atoms with Crippen molar-refractivity contribution >= 4 is 108 Å². The van der Waals surface area contributed by atoms with Gasteiger partial charge in [0.15, 0.2) is 5.82 Å². The molecule has 4 N–H and O–H groups in total. The van der Waals surface area contributed by atoms with Gasteiger partial charge in [-0.3, -0.25) is 29.6 Å². The summed E-state index contributed by atoms with van der Waals surface area (Å²) in [6.07, 6.45) is 7.21. The van der Waals surface area contributed by atoms with Crippen molar-refractivity contribution in [3.8, 4) is 17.2 Å². The Morgan fingerprint density at radius 1 is 0.935 bits per heavy atom. The number of thiophene rings is 1. The Hall–Kier alpha value is -7.17. The standard InChI is InChI=1S/C35H55N5O4S.C33H33ClF2N6O5S/c1-24-12-9-19-39(24)20-11-22-44-23-18-30(41)38-32(35(4,5)6)34(43)40-21-10-13-29(40)33(42)37-25(2)27-14-16-28(17-15-27)31(45-8)26(3)36-7;1-32(2,3)46-30(44)40-28-19(12-37)22-17(9-10-21(35)26(22)48-28)23-20(34)11-18-25(24(23)36)38-29(43)39-27(18)41-13-15-7-8-16(14-41)42(15)31(45)47-33(4,5)6/h14-17,24-25,29,32H,7,9-13,18-23H2,1-6,8H3,(H,37,42)(H,38,41);9-11,15-16H,7-8,13-14H2,1-6H3,(H,40,44)(H,38,39,43)/b31-26-;/t24-,25+,29+,32-;/m1./s1. The number of hydrogen-bond acceptors (Lipinski definition) is 16. The lowest BCUT2D eigenvalue weighted by molar-refractivity contribution is -0.144. The summed E-state index contributed by atoms with van der Waals surface area (Å²) in [5, 5.41) is 18.9. The average molecular weight is 1340 g/mol. The second-order valence-corrected chi connectivity index (χ2v) is 29.5. The highest BCUT2D eigenvalue weighted by molar-refractivity contribution is 8.07. The van der Waals surface area contributed by atoms with E-state index in [4.69, 9.17) is 25.8 Å². The van der Waals surface area contributed by atoms with Gasteiger partial charge in [0.25, 0.3) is 0 Å². The normalized spacial score (nSPS) is 19.3. The maximum atomic E-state index is 16.7. The summed E-state index contributed by atoms with van der Waals surface area (Å²) in [4.78, 5) is 98.2. The molecule has 4 aliphatic rings. The summed E-state index contributed by atoms with van der Waals surface area (Å²) >= 11 is 9.20. The van der Waals surface area contributed by atoms with Gasteiger partial charge in [0.1, 0.15) is 46.0 Å². The third-order valence-corrected chi connectivity index (χ3v) is 19.4. The van der Waals surface area contributed by atoms with Crippen LogP contribution in [0, 0.1) is 28.4 Å². The van der Waals surface area contributed by atoms with Crippen LogP contribution in [0.2, 0.25) is 5.02 Å². The van der Waals surface area contributed by atoms with Gasteiger partial charge in [0.2, 0.25) is 17.7 Å². The molecule has 0 radical (unpaired) electrons. The highest BCUT2D eigenvalue weighted by Gasteiger charge is 2.46. The Labute approximate surface area is 556 Å². The van der Waals surface area contributed by atoms with E-state index in [1.807, 2.05) is 76.1 Å². The van der Waals surface area contributed by atoms with Gasteiger partial charge in [0.05, 0.1) is 51.2 Å². The van der Waals surface area contributed by atoms with Crippen LogP contribution in [0.5, 0.6) is 0 Å². The number of hydrogen-bond donors (Lipinski definition) is 4. The van der Waals surface area contributed by atoms with Crippen molar-refractivity contribution in [2.24, 2.45) is 10.4 Å². The zero-order valence-corrected chi connectivity index (χ0v) is 58.0. The predicted octanol–water partition coefficient (Wildman–Crippen LogP) is 13.0. The number of nitrogens with one attached hydrogen (secondary N) is 4. The molecule has 5 amide bonds. The Bertz CT molecular complexity index is 3750. The molecule has 4 fully saturated rings. The van der Waals surface area contributed by atoms with Gasteiger partial charge in [-0.1, -0.05) is 62.7 Å². The van der Waals surface area contributed by atoms with E-state index in [0.717, 1.165) is 77.9 Å². The zero-order valence-electron chi connectivity index (χ0n) is 55.6. The minimum Gasteiger partial charge on any atom is -0.444 e. The van der Waals surface area contributed by atoms with Gasteiger partial charge in [-0.25, -0.2) is 23.2 Å². The third-order valence-electron chi connectivity index (χ3n) is 17.0. The minimum absolute atomic E-state index is 0.00656. The fourth-order valence-electron chi connectivity index (χ4n) is 12.5. The molecular formula is C68H88ClF2N11O9S2. The van der Waals surface area contributed by atoms with Crippen molar-refractivity contribution in [3.63, 3.8) is 0 Å². The number of allylic oxidation sites excluding steroid dienone is 1. The van der Waals surface area contributed by atoms with Crippen LogP contribution in [0.1, 0.15) is 157 Å². The second-order valence-electron chi connectivity index (χ2n) is 27.3. The number of fused-ring (bicyclic) bond motifs is 4. The Morgan fingerprint density at radius 3 is 2.20 bits per heavy atom. The fourth-order valence-corrected chi connectivity index (χ4v) is 14.6. The Kier molecular flexibility index (Phi) is 23.2. The number of aromatic nitrogens is 2. The number of aromatic amines is 1. The van der Waals surface area contributed by atoms with Crippen molar-refractivity contribution < 1.29 is 47.0 Å². The lowest BCUT2D eigenvalue weighted by Gasteiger charge is -2.42. The Morgan fingerprint density at radius 2 is 1.60 bits per heavy atom. The first-order valence-electron chi connectivity index (χ1n) is 31.7. The van der Waals surface area contributed by atoms with Crippen LogP contribution in [0.15, 0.2) is 57.9 Å². The van der Waals surface area contributed by atoms with Crippen molar-refractivity contribution in [2.75, 3.05) is 62.4 Å². The number of rotatable bonds is 18. The summed E-state index contributed by atoms with van der Waals surface area (Å²) in [5.74, 6) is -1.99. The van der Waals surface area contributed by atoms with Gasteiger partial charge in [-0.05, 0) is 161 Å². The van der Waals surface area contributed by atoms with E-state index < -0.39 is 58.2 Å². The van der Waals surface area contributed by atoms with Gasteiger partial charge in [-0.15, -0.1) is 23.1 Å². The Balaban J connectivity index is 0.000000240. The molecule has 2 unspecified atom stereocenters. The van der Waals surface area contributed by atoms with Crippen molar-refractivity contribution in [2.45, 2.75) is 182 Å². The average Bonchev–Trinajstić information content (AvgIpc) is 1.74. The maximum Gasteiger partial charge on any atom is 0.412 e. The number of anilines is 2. The lowest BCUT2D eigenvalue weighted by atomic mass is 9.85. The van der Waals surface area contributed by atoms with Crippen molar-refractivity contribution in [3.05, 3.63) is 92.0 Å². The lowest BCUT2D eigenvalue weighted by Crippen LogP contribution is -2.57. The highest BCUT2D eigenvalue weighted by Crippen LogP contribution is 2.47. The molecule has 93 heavy (non-hydrogen) atoms. The molecule has 0 saturated carbocycles. The van der Waals surface area contributed by atoms with Gasteiger partial charge in [-0.2, -0.15) is 10.2 Å². The number of nitriles is 1. The number of piperazine rings is 1. The minimum atomic E-state index is -0.904. The molecule has 4 aliphatic heterocycles.